The minimum Gasteiger partial charge on any atom is -0.459 e. The highest BCUT2D eigenvalue weighted by atomic mass is 16.7. The Labute approximate surface area is 139 Å². The molecule has 1 amide bonds. The predicted molar refractivity (Wildman–Crippen MR) is 88.5 cm³/mol. The lowest BCUT2D eigenvalue weighted by molar-refractivity contribution is -0.176. The zero-order chi connectivity index (χ0) is 16.7. The van der Waals surface area contributed by atoms with Crippen molar-refractivity contribution in [3.05, 3.63) is 11.8 Å². The minimum absolute atomic E-state index is 0.179. The molecule has 0 saturated heterocycles. The van der Waals surface area contributed by atoms with E-state index in [1.165, 1.54) is 32.1 Å². The first-order valence-corrected chi connectivity index (χ1v) is 9.04. The number of hydrogen-bond acceptors (Lipinski definition) is 4. The van der Waals surface area contributed by atoms with Crippen LogP contribution < -0.4 is 5.32 Å². The average Bonchev–Trinajstić information content (AvgIpc) is 2.60. The van der Waals surface area contributed by atoms with Crippen molar-refractivity contribution in [1.82, 2.24) is 5.32 Å². The van der Waals surface area contributed by atoms with E-state index < -0.39 is 6.29 Å². The van der Waals surface area contributed by atoms with Crippen LogP contribution in [0.1, 0.15) is 51.9 Å². The average molecular weight is 325 g/mol. The first-order valence-electron chi connectivity index (χ1n) is 9.04. The number of rotatable bonds is 7. The highest BCUT2D eigenvalue weighted by Crippen LogP contribution is 2.42. The summed E-state index contributed by atoms with van der Waals surface area (Å²) in [5.74, 6) is 1.29. The standard InChI is InChI=1S/C18H31NO4/c1-3-22-18-14(10-7-11-20)15(13-8-5-4-6-9-13)12-16(23-18)17(21)19-2/h12-15,18,20H,3-11H2,1-2H3,(H,19,21)/t14-,15+,18+/m1/s1. The fraction of sp³-hybridized carbons (Fsp3) is 0.833. The van der Waals surface area contributed by atoms with Gasteiger partial charge in [-0.3, -0.25) is 4.79 Å². The molecule has 1 aliphatic heterocycles. The van der Waals surface area contributed by atoms with Crippen LogP contribution in [0.5, 0.6) is 0 Å². The monoisotopic (exact) mass is 325 g/mol. The van der Waals surface area contributed by atoms with Crippen LogP contribution in [0.3, 0.4) is 0 Å². The summed E-state index contributed by atoms with van der Waals surface area (Å²) in [6.45, 7) is 2.68. The third kappa shape index (κ3) is 4.70. The second-order valence-corrected chi connectivity index (χ2v) is 6.56. The Bertz CT molecular complexity index is 404. The molecule has 1 fully saturated rings. The quantitative estimate of drug-likeness (QED) is 0.755. The molecule has 0 aromatic rings. The number of carbonyl (C=O) groups excluding carboxylic acids is 1. The van der Waals surface area contributed by atoms with Gasteiger partial charge in [0.1, 0.15) is 0 Å². The molecule has 2 N–H and O–H groups in total. The van der Waals surface area contributed by atoms with Gasteiger partial charge in [0.15, 0.2) is 5.76 Å². The summed E-state index contributed by atoms with van der Waals surface area (Å²) in [5.41, 5.74) is 0. The maximum Gasteiger partial charge on any atom is 0.285 e. The van der Waals surface area contributed by atoms with Crippen LogP contribution in [-0.4, -0.2) is 37.6 Å². The highest BCUT2D eigenvalue weighted by molar-refractivity contribution is 5.91. The van der Waals surface area contributed by atoms with Gasteiger partial charge in [-0.05, 0) is 50.5 Å². The topological polar surface area (TPSA) is 67.8 Å². The number of likely N-dealkylation sites (N-methyl/N-ethyl adjacent to an activating group) is 1. The maximum atomic E-state index is 12.1. The van der Waals surface area contributed by atoms with E-state index in [1.54, 1.807) is 7.05 Å². The summed E-state index contributed by atoms with van der Waals surface area (Å²) < 4.78 is 11.7. The fourth-order valence-corrected chi connectivity index (χ4v) is 3.97. The molecule has 0 radical (unpaired) electrons. The molecule has 5 nitrogen and oxygen atoms in total. The molecule has 132 valence electrons. The maximum absolute atomic E-state index is 12.1. The molecule has 0 aromatic carbocycles. The first-order chi connectivity index (χ1) is 11.2. The van der Waals surface area contributed by atoms with Gasteiger partial charge in [0, 0.05) is 26.2 Å². The van der Waals surface area contributed by atoms with Crippen LogP contribution in [0.2, 0.25) is 0 Å². The second kappa shape index (κ2) is 9.28. The van der Waals surface area contributed by atoms with Gasteiger partial charge in [-0.15, -0.1) is 0 Å². The van der Waals surface area contributed by atoms with Gasteiger partial charge in [0.05, 0.1) is 0 Å². The van der Waals surface area contributed by atoms with Gasteiger partial charge in [-0.25, -0.2) is 0 Å². The van der Waals surface area contributed by atoms with Crippen LogP contribution >= 0.6 is 0 Å². The lowest BCUT2D eigenvalue weighted by atomic mass is 9.71. The van der Waals surface area contributed by atoms with Crippen molar-refractivity contribution in [3.8, 4) is 0 Å². The Morgan fingerprint density at radius 2 is 2.13 bits per heavy atom. The summed E-state index contributed by atoms with van der Waals surface area (Å²) in [7, 11) is 1.62. The van der Waals surface area contributed by atoms with E-state index in [2.05, 4.69) is 5.32 Å². The van der Waals surface area contributed by atoms with Crippen molar-refractivity contribution in [1.29, 1.82) is 0 Å². The van der Waals surface area contributed by atoms with E-state index in [-0.39, 0.29) is 18.4 Å². The van der Waals surface area contributed by atoms with Crippen LogP contribution in [0.15, 0.2) is 11.8 Å². The van der Waals surface area contributed by atoms with Gasteiger partial charge >= 0.3 is 0 Å². The molecule has 1 aliphatic carbocycles. The van der Waals surface area contributed by atoms with E-state index in [1.807, 2.05) is 13.0 Å². The number of carbonyl (C=O) groups is 1. The molecule has 1 heterocycles. The van der Waals surface area contributed by atoms with Crippen molar-refractivity contribution in [3.63, 3.8) is 0 Å². The number of aliphatic hydroxyl groups excluding tert-OH is 1. The summed E-state index contributed by atoms with van der Waals surface area (Å²) in [5, 5.41) is 11.9. The molecule has 23 heavy (non-hydrogen) atoms. The smallest absolute Gasteiger partial charge is 0.285 e. The Kier molecular flexibility index (Phi) is 7.37. The molecule has 5 heteroatoms. The molecule has 2 aliphatic rings. The van der Waals surface area contributed by atoms with E-state index in [9.17, 15) is 9.90 Å². The Hall–Kier alpha value is -1.07. The molecule has 3 atom stereocenters. The Morgan fingerprint density at radius 3 is 2.74 bits per heavy atom. The number of hydrogen-bond donors (Lipinski definition) is 2. The van der Waals surface area contributed by atoms with Crippen molar-refractivity contribution in [2.24, 2.45) is 17.8 Å². The van der Waals surface area contributed by atoms with E-state index in [4.69, 9.17) is 9.47 Å². The summed E-state index contributed by atoms with van der Waals surface area (Å²) in [6, 6.07) is 0. The number of aliphatic hydroxyl groups is 1. The number of nitrogens with one attached hydrogen (secondary N) is 1. The Morgan fingerprint density at radius 1 is 1.39 bits per heavy atom. The molecular weight excluding hydrogens is 294 g/mol. The third-order valence-electron chi connectivity index (χ3n) is 5.10. The van der Waals surface area contributed by atoms with Crippen LogP contribution in [0, 0.1) is 17.8 Å². The second-order valence-electron chi connectivity index (χ2n) is 6.56. The highest BCUT2D eigenvalue weighted by Gasteiger charge is 2.40. The first kappa shape index (κ1) is 18.3. The van der Waals surface area contributed by atoms with Crippen molar-refractivity contribution >= 4 is 5.91 Å². The third-order valence-corrected chi connectivity index (χ3v) is 5.10. The van der Waals surface area contributed by atoms with Crippen LogP contribution in [0.25, 0.3) is 0 Å². The zero-order valence-corrected chi connectivity index (χ0v) is 14.4. The molecule has 0 bridgehead atoms. The van der Waals surface area contributed by atoms with Gasteiger partial charge in [0.2, 0.25) is 6.29 Å². The summed E-state index contributed by atoms with van der Waals surface area (Å²) >= 11 is 0. The normalized spacial score (nSPS) is 28.8. The van der Waals surface area contributed by atoms with Crippen molar-refractivity contribution in [2.45, 2.75) is 58.2 Å². The molecule has 0 spiro atoms. The number of amides is 1. The lowest BCUT2D eigenvalue weighted by Crippen LogP contribution is -2.41. The fourth-order valence-electron chi connectivity index (χ4n) is 3.97. The molecule has 1 saturated carbocycles. The van der Waals surface area contributed by atoms with Gasteiger partial charge in [-0.1, -0.05) is 19.3 Å². The van der Waals surface area contributed by atoms with E-state index in [0.29, 0.717) is 24.2 Å². The van der Waals surface area contributed by atoms with Crippen molar-refractivity contribution in [2.75, 3.05) is 20.3 Å². The minimum atomic E-state index is -0.393. The molecular formula is C18H31NO4. The molecule has 0 unspecified atom stereocenters. The van der Waals surface area contributed by atoms with E-state index >= 15 is 0 Å². The van der Waals surface area contributed by atoms with Crippen molar-refractivity contribution < 1.29 is 19.4 Å². The summed E-state index contributed by atoms with van der Waals surface area (Å²) in [6.07, 6.45) is 9.47. The predicted octanol–water partition coefficient (Wildman–Crippen LogP) is 2.59. The zero-order valence-electron chi connectivity index (χ0n) is 14.4. The molecule has 0 aromatic heterocycles. The summed E-state index contributed by atoms with van der Waals surface area (Å²) in [4.78, 5) is 12.1. The lowest BCUT2D eigenvalue weighted by Gasteiger charge is -2.41. The number of ether oxygens (including phenoxy) is 2. The number of allylic oxidation sites excluding steroid dienone is 1. The van der Waals surface area contributed by atoms with Crippen LogP contribution in [0.4, 0.5) is 0 Å². The van der Waals surface area contributed by atoms with Crippen LogP contribution in [-0.2, 0) is 14.3 Å². The van der Waals surface area contributed by atoms with E-state index in [0.717, 1.165) is 12.8 Å². The SMILES string of the molecule is CCO[C@H]1OC(C(=O)NC)=C[C@@H](C2CCCCC2)[C@H]1CCCO. The van der Waals surface area contributed by atoms with Gasteiger partial charge in [-0.2, -0.15) is 0 Å². The van der Waals surface area contributed by atoms with Gasteiger partial charge in [0.25, 0.3) is 5.91 Å². The Balaban J connectivity index is 2.24. The largest absolute Gasteiger partial charge is 0.459 e. The molecule has 2 rings (SSSR count). The van der Waals surface area contributed by atoms with Gasteiger partial charge < -0.3 is 19.9 Å².